The summed E-state index contributed by atoms with van der Waals surface area (Å²) >= 11 is 5.72. The lowest BCUT2D eigenvalue weighted by Crippen LogP contribution is -2.45. The van der Waals surface area contributed by atoms with E-state index in [4.69, 9.17) is 25.8 Å². The molecule has 1 saturated heterocycles. The van der Waals surface area contributed by atoms with E-state index in [0.29, 0.717) is 0 Å². The predicted octanol–water partition coefficient (Wildman–Crippen LogP) is 1.46. The van der Waals surface area contributed by atoms with Gasteiger partial charge in [0.1, 0.15) is 13.2 Å². The van der Waals surface area contributed by atoms with Gasteiger partial charge in [0, 0.05) is 4.57 Å². The van der Waals surface area contributed by atoms with Crippen LogP contribution in [-0.4, -0.2) is 30.5 Å². The van der Waals surface area contributed by atoms with Crippen LogP contribution >= 0.6 is 28.5 Å². The van der Waals surface area contributed by atoms with Crippen LogP contribution in [0, 0.1) is 5.41 Å². The van der Waals surface area contributed by atoms with Crippen molar-refractivity contribution in [3.05, 3.63) is 0 Å². The Kier molecular flexibility index (Phi) is 4.80. The van der Waals surface area contributed by atoms with E-state index in [1.165, 1.54) is 0 Å². The molecule has 1 heterocycles. The zero-order valence-corrected chi connectivity index (χ0v) is 9.50. The molecular formula is C5H8ClO6P2+. The Hall–Kier alpha value is 0.330. The average Bonchev–Trinajstić information content (AvgIpc) is 2.20. The number of aliphatic hydroxyl groups is 1. The minimum Gasteiger partial charge on any atom is -0.395 e. The quantitative estimate of drug-likeness (QED) is 0.609. The van der Waals surface area contributed by atoms with Gasteiger partial charge in [-0.3, -0.25) is 4.52 Å². The highest BCUT2D eigenvalue weighted by atomic mass is 35.5. The standard InChI is InChI=1S/C5H8ClO6P2/c6-4(12-13-8)5(1-7)2-10-14(9)11-3-5/h4,7H,1-3H2/q+1. The molecule has 0 aromatic carbocycles. The summed E-state index contributed by atoms with van der Waals surface area (Å²) in [5.41, 5.74) is -2.06. The van der Waals surface area contributed by atoms with Gasteiger partial charge in [0.2, 0.25) is 0 Å². The highest BCUT2D eigenvalue weighted by molar-refractivity contribution is 7.33. The zero-order chi connectivity index (χ0) is 10.6. The van der Waals surface area contributed by atoms with E-state index in [1.54, 1.807) is 0 Å². The predicted molar refractivity (Wildman–Crippen MR) is 47.4 cm³/mol. The van der Waals surface area contributed by atoms with Gasteiger partial charge in [0.15, 0.2) is 5.56 Å². The SMILES string of the molecule is O=POC(Cl)C1(CO)CO[P+](=O)OC1. The minimum absolute atomic E-state index is 0.0671. The normalized spacial score (nSPS) is 33.1. The van der Waals surface area contributed by atoms with Crippen LogP contribution in [0.25, 0.3) is 0 Å². The summed E-state index contributed by atoms with van der Waals surface area (Å²) in [7, 11) is -2.74. The molecule has 1 rings (SSSR count). The number of rotatable bonds is 4. The summed E-state index contributed by atoms with van der Waals surface area (Å²) in [6.45, 7) is -0.509. The van der Waals surface area contributed by atoms with Gasteiger partial charge >= 0.3 is 16.9 Å². The van der Waals surface area contributed by atoms with Crippen molar-refractivity contribution >= 4 is 28.5 Å². The molecule has 0 saturated carbocycles. The van der Waals surface area contributed by atoms with E-state index in [9.17, 15) is 9.13 Å². The number of hydrogen-bond donors (Lipinski definition) is 1. The fourth-order valence-electron chi connectivity index (χ4n) is 0.885. The lowest BCUT2D eigenvalue weighted by Gasteiger charge is -2.31. The molecule has 1 fully saturated rings. The summed E-state index contributed by atoms with van der Waals surface area (Å²) in [6, 6.07) is 0. The highest BCUT2D eigenvalue weighted by Gasteiger charge is 2.49. The molecule has 0 radical (unpaired) electrons. The van der Waals surface area contributed by atoms with E-state index >= 15 is 0 Å². The third-order valence-corrected chi connectivity index (χ3v) is 3.50. The molecular weight excluding hydrogens is 253 g/mol. The van der Waals surface area contributed by atoms with Crippen LogP contribution in [-0.2, 0) is 22.7 Å². The topological polar surface area (TPSA) is 82.1 Å². The van der Waals surface area contributed by atoms with Gasteiger partial charge in [-0.1, -0.05) is 11.6 Å². The Morgan fingerprint density at radius 2 is 2.21 bits per heavy atom. The van der Waals surface area contributed by atoms with Gasteiger partial charge < -0.3 is 5.11 Å². The van der Waals surface area contributed by atoms with Crippen LogP contribution in [0.1, 0.15) is 0 Å². The van der Waals surface area contributed by atoms with Crippen LogP contribution in [0.3, 0.4) is 0 Å². The van der Waals surface area contributed by atoms with E-state index in [0.717, 1.165) is 0 Å². The Balaban J connectivity index is 2.66. The van der Waals surface area contributed by atoms with Crippen molar-refractivity contribution in [2.24, 2.45) is 5.41 Å². The third kappa shape index (κ3) is 2.67. The second-order valence-electron chi connectivity index (χ2n) is 2.79. The van der Waals surface area contributed by atoms with Crippen molar-refractivity contribution in [2.45, 2.75) is 5.56 Å². The van der Waals surface area contributed by atoms with E-state index in [-0.39, 0.29) is 19.8 Å². The summed E-state index contributed by atoms with van der Waals surface area (Å²) < 4.78 is 34.9. The molecule has 0 bridgehead atoms. The molecule has 1 aliphatic heterocycles. The molecule has 0 aromatic heterocycles. The van der Waals surface area contributed by atoms with Gasteiger partial charge in [-0.05, 0) is 0 Å². The van der Waals surface area contributed by atoms with Gasteiger partial charge in [-0.25, -0.2) is 4.57 Å². The Morgan fingerprint density at radius 3 is 2.64 bits per heavy atom. The lowest BCUT2D eigenvalue weighted by molar-refractivity contribution is -0.0520. The van der Waals surface area contributed by atoms with Gasteiger partial charge in [0.25, 0.3) is 0 Å². The Bertz CT molecular complexity index is 226. The van der Waals surface area contributed by atoms with Crippen molar-refractivity contribution in [1.29, 1.82) is 0 Å². The first-order chi connectivity index (χ1) is 6.64. The lowest BCUT2D eigenvalue weighted by atomic mass is 9.92. The molecule has 0 amide bonds. The highest BCUT2D eigenvalue weighted by Crippen LogP contribution is 2.41. The molecule has 6 nitrogen and oxygen atoms in total. The van der Waals surface area contributed by atoms with Crippen LogP contribution in [0.4, 0.5) is 0 Å². The second-order valence-corrected chi connectivity index (χ2v) is 4.51. The maximum Gasteiger partial charge on any atom is 0.697 e. The van der Waals surface area contributed by atoms with Crippen LogP contribution in [0.2, 0.25) is 0 Å². The smallest absolute Gasteiger partial charge is 0.395 e. The summed E-state index contributed by atoms with van der Waals surface area (Å²) in [5.74, 6) is 0. The molecule has 9 heteroatoms. The molecule has 0 aromatic rings. The molecule has 0 spiro atoms. The summed E-state index contributed by atoms with van der Waals surface area (Å²) in [4.78, 5) is 0. The van der Waals surface area contributed by atoms with Crippen molar-refractivity contribution < 1.29 is 27.8 Å². The summed E-state index contributed by atoms with van der Waals surface area (Å²) in [6.07, 6.45) is 0. The number of aliphatic hydroxyl groups excluding tert-OH is 1. The van der Waals surface area contributed by atoms with Gasteiger partial charge in [-0.2, -0.15) is 0 Å². The molecule has 1 unspecified atom stereocenters. The third-order valence-electron chi connectivity index (χ3n) is 1.85. The van der Waals surface area contributed by atoms with Crippen LogP contribution in [0.15, 0.2) is 0 Å². The molecule has 80 valence electrons. The van der Waals surface area contributed by atoms with Crippen molar-refractivity contribution in [3.8, 4) is 0 Å². The van der Waals surface area contributed by atoms with Crippen LogP contribution in [0.5, 0.6) is 0 Å². The molecule has 0 aliphatic carbocycles. The molecule has 1 atom stereocenters. The zero-order valence-electron chi connectivity index (χ0n) is 6.96. The van der Waals surface area contributed by atoms with Gasteiger partial charge in [-0.15, -0.1) is 9.05 Å². The maximum absolute atomic E-state index is 10.7. The molecule has 1 N–H and O–H groups in total. The largest absolute Gasteiger partial charge is 0.697 e. The first-order valence-corrected chi connectivity index (χ1v) is 5.87. The van der Waals surface area contributed by atoms with Crippen molar-refractivity contribution in [2.75, 3.05) is 19.8 Å². The number of hydrogen-bond acceptors (Lipinski definition) is 6. The fraction of sp³-hybridized carbons (Fsp3) is 1.00. The Morgan fingerprint density at radius 1 is 1.64 bits per heavy atom. The fourth-order valence-corrected chi connectivity index (χ4v) is 2.28. The first kappa shape index (κ1) is 12.4. The number of halogens is 1. The summed E-state index contributed by atoms with van der Waals surface area (Å²) in [5, 5.41) is 9.10. The second kappa shape index (κ2) is 5.42. The van der Waals surface area contributed by atoms with Crippen molar-refractivity contribution in [3.63, 3.8) is 0 Å². The number of alkyl halides is 1. The average molecular weight is 262 g/mol. The van der Waals surface area contributed by atoms with E-state index in [2.05, 4.69) is 4.52 Å². The van der Waals surface area contributed by atoms with E-state index in [1.807, 2.05) is 0 Å². The van der Waals surface area contributed by atoms with E-state index < -0.39 is 27.9 Å². The minimum atomic E-state index is -2.15. The van der Waals surface area contributed by atoms with Crippen LogP contribution < -0.4 is 0 Å². The monoisotopic (exact) mass is 261 g/mol. The van der Waals surface area contributed by atoms with Crippen molar-refractivity contribution in [1.82, 2.24) is 0 Å². The molecule has 14 heavy (non-hydrogen) atoms. The Labute approximate surface area is 87.7 Å². The maximum atomic E-state index is 10.7. The first-order valence-electron chi connectivity index (χ1n) is 3.61. The van der Waals surface area contributed by atoms with Gasteiger partial charge in [0.05, 0.1) is 12.0 Å². The molecule has 1 aliphatic rings.